The summed E-state index contributed by atoms with van der Waals surface area (Å²) in [7, 11) is 0. The fourth-order valence-electron chi connectivity index (χ4n) is 1.78. The molecular weight excluding hydrogens is 200 g/mol. The minimum Gasteiger partial charge on any atom is -0.496 e. The zero-order valence-electron chi connectivity index (χ0n) is 10.2. The molecule has 90 valence electrons. The molecule has 1 rings (SSSR count). The molecule has 2 nitrogen and oxygen atoms in total. The molecule has 0 aliphatic carbocycles. The Morgan fingerprint density at radius 3 is 2.69 bits per heavy atom. The number of allylic oxidation sites excluding steroid dienone is 2. The largest absolute Gasteiger partial charge is 0.496 e. The Balaban J connectivity index is 2.06. The molecule has 0 saturated carbocycles. The Hall–Kier alpha value is -1.05. The molecule has 2 heteroatoms. The van der Waals surface area contributed by atoms with E-state index in [1.807, 2.05) is 12.2 Å². The van der Waals surface area contributed by atoms with Gasteiger partial charge in [0.05, 0.1) is 11.8 Å². The van der Waals surface area contributed by atoms with Crippen molar-refractivity contribution in [1.29, 1.82) is 0 Å². The maximum absolute atomic E-state index is 11.7. The first-order chi connectivity index (χ1) is 7.84. The molecule has 0 fully saturated rings. The topological polar surface area (TPSA) is 26.3 Å². The number of Topliss-reactive ketones (excluding diaryl/α,β-unsaturated/α-hetero) is 1. The van der Waals surface area contributed by atoms with E-state index in [0.717, 1.165) is 12.0 Å². The molecule has 0 atom stereocenters. The van der Waals surface area contributed by atoms with Crippen LogP contribution >= 0.6 is 0 Å². The Morgan fingerprint density at radius 1 is 1.25 bits per heavy atom. The molecule has 1 aliphatic rings. The Morgan fingerprint density at radius 2 is 2.00 bits per heavy atom. The van der Waals surface area contributed by atoms with E-state index in [1.165, 1.54) is 32.1 Å². The molecular formula is C14H22O2. The molecule has 0 unspecified atom stereocenters. The second kappa shape index (κ2) is 8.14. The molecule has 0 bridgehead atoms. The van der Waals surface area contributed by atoms with E-state index in [0.29, 0.717) is 13.0 Å². The van der Waals surface area contributed by atoms with Crippen molar-refractivity contribution in [2.75, 3.05) is 6.61 Å². The molecule has 0 amide bonds. The van der Waals surface area contributed by atoms with E-state index < -0.39 is 0 Å². The van der Waals surface area contributed by atoms with Crippen molar-refractivity contribution in [3.8, 4) is 0 Å². The van der Waals surface area contributed by atoms with Gasteiger partial charge in [0, 0.05) is 6.42 Å². The van der Waals surface area contributed by atoms with E-state index in [9.17, 15) is 4.79 Å². The molecule has 0 radical (unpaired) electrons. The van der Waals surface area contributed by atoms with Crippen LogP contribution in [0.4, 0.5) is 0 Å². The molecule has 0 aromatic carbocycles. The lowest BCUT2D eigenvalue weighted by molar-refractivity contribution is -0.115. The lowest BCUT2D eigenvalue weighted by atomic mass is 10.0. The number of ether oxygens (including phenoxy) is 1. The van der Waals surface area contributed by atoms with Gasteiger partial charge in [0.2, 0.25) is 0 Å². The minimum absolute atomic E-state index is 0.214. The summed E-state index contributed by atoms with van der Waals surface area (Å²) in [6.07, 6.45) is 13.3. The van der Waals surface area contributed by atoms with Crippen LogP contribution in [0.3, 0.4) is 0 Å². The highest BCUT2D eigenvalue weighted by Crippen LogP contribution is 2.12. The second-order valence-electron chi connectivity index (χ2n) is 4.25. The van der Waals surface area contributed by atoms with Gasteiger partial charge in [-0.2, -0.15) is 0 Å². The lowest BCUT2D eigenvalue weighted by Crippen LogP contribution is -2.04. The average molecular weight is 222 g/mol. The Bertz CT molecular complexity index is 264. The predicted octanol–water partition coefficient (Wildman–Crippen LogP) is 3.78. The number of carbonyl (C=O) groups excluding carboxylic acids is 1. The molecule has 1 heterocycles. The number of hydrogen-bond acceptors (Lipinski definition) is 2. The molecule has 0 N–H and O–H groups in total. The van der Waals surface area contributed by atoms with Crippen LogP contribution in [0, 0.1) is 0 Å². The van der Waals surface area contributed by atoms with Gasteiger partial charge in [-0.05, 0) is 18.6 Å². The maximum atomic E-state index is 11.7. The smallest absolute Gasteiger partial charge is 0.165 e. The van der Waals surface area contributed by atoms with Crippen molar-refractivity contribution < 1.29 is 9.53 Å². The number of rotatable bonds is 8. The summed E-state index contributed by atoms with van der Waals surface area (Å²) in [5.41, 5.74) is 0.722. The maximum Gasteiger partial charge on any atom is 0.165 e. The van der Waals surface area contributed by atoms with E-state index in [4.69, 9.17) is 4.74 Å². The molecule has 0 saturated heterocycles. The molecule has 0 spiro atoms. The second-order valence-corrected chi connectivity index (χ2v) is 4.25. The summed E-state index contributed by atoms with van der Waals surface area (Å²) in [6, 6.07) is 0. The van der Waals surface area contributed by atoms with Gasteiger partial charge in [-0.1, -0.05) is 39.0 Å². The Labute approximate surface area is 98.4 Å². The van der Waals surface area contributed by atoms with Crippen LogP contribution in [0.25, 0.3) is 0 Å². The normalized spacial score (nSPS) is 14.4. The number of ketones is 1. The molecule has 1 aliphatic heterocycles. The lowest BCUT2D eigenvalue weighted by Gasteiger charge is -2.06. The number of carbonyl (C=O) groups is 1. The zero-order chi connectivity index (χ0) is 11.6. The van der Waals surface area contributed by atoms with Crippen LogP contribution in [0.5, 0.6) is 0 Å². The van der Waals surface area contributed by atoms with Gasteiger partial charge in [-0.15, -0.1) is 0 Å². The number of hydrogen-bond donors (Lipinski definition) is 0. The summed E-state index contributed by atoms with van der Waals surface area (Å²) < 4.78 is 5.09. The summed E-state index contributed by atoms with van der Waals surface area (Å²) in [5, 5.41) is 0. The van der Waals surface area contributed by atoms with Crippen LogP contribution in [-0.4, -0.2) is 12.4 Å². The van der Waals surface area contributed by atoms with Crippen molar-refractivity contribution in [1.82, 2.24) is 0 Å². The van der Waals surface area contributed by atoms with Gasteiger partial charge in [-0.25, -0.2) is 0 Å². The van der Waals surface area contributed by atoms with Gasteiger partial charge in [-0.3, -0.25) is 4.79 Å². The summed E-state index contributed by atoms with van der Waals surface area (Å²) in [4.78, 5) is 11.7. The third kappa shape index (κ3) is 5.15. The minimum atomic E-state index is 0.214. The quantitative estimate of drug-likeness (QED) is 0.584. The van der Waals surface area contributed by atoms with Gasteiger partial charge in [0.15, 0.2) is 5.78 Å². The standard InChI is InChI=1S/C14H22O2/c1-2-3-4-5-6-7-10-14(15)13-9-8-11-16-12-13/h8-9,12H,2-7,10-11H2,1H3. The zero-order valence-corrected chi connectivity index (χ0v) is 10.2. The van der Waals surface area contributed by atoms with E-state index in [2.05, 4.69) is 6.92 Å². The van der Waals surface area contributed by atoms with Gasteiger partial charge < -0.3 is 4.74 Å². The van der Waals surface area contributed by atoms with Crippen LogP contribution in [0.15, 0.2) is 24.0 Å². The summed E-state index contributed by atoms with van der Waals surface area (Å²) in [5.74, 6) is 0.214. The highest BCUT2D eigenvalue weighted by atomic mass is 16.5. The van der Waals surface area contributed by atoms with Crippen LogP contribution in [0.2, 0.25) is 0 Å². The highest BCUT2D eigenvalue weighted by Gasteiger charge is 2.08. The van der Waals surface area contributed by atoms with E-state index >= 15 is 0 Å². The molecule has 0 aromatic heterocycles. The summed E-state index contributed by atoms with van der Waals surface area (Å²) in [6.45, 7) is 2.80. The van der Waals surface area contributed by atoms with Gasteiger partial charge >= 0.3 is 0 Å². The fraction of sp³-hybridized carbons (Fsp3) is 0.643. The SMILES string of the molecule is CCCCCCCCC(=O)C1=COCC=C1. The van der Waals surface area contributed by atoms with Gasteiger partial charge in [0.1, 0.15) is 6.61 Å². The van der Waals surface area contributed by atoms with Crippen molar-refractivity contribution in [2.24, 2.45) is 0 Å². The van der Waals surface area contributed by atoms with Crippen molar-refractivity contribution in [2.45, 2.75) is 51.9 Å². The predicted molar refractivity (Wildman–Crippen MR) is 66.2 cm³/mol. The highest BCUT2D eigenvalue weighted by molar-refractivity contribution is 5.97. The van der Waals surface area contributed by atoms with Crippen LogP contribution < -0.4 is 0 Å². The first kappa shape index (κ1) is 13.0. The summed E-state index contributed by atoms with van der Waals surface area (Å²) >= 11 is 0. The Kier molecular flexibility index (Phi) is 6.62. The van der Waals surface area contributed by atoms with Crippen molar-refractivity contribution in [3.63, 3.8) is 0 Å². The average Bonchev–Trinajstić information content (AvgIpc) is 2.34. The van der Waals surface area contributed by atoms with E-state index in [-0.39, 0.29) is 5.78 Å². The van der Waals surface area contributed by atoms with E-state index in [1.54, 1.807) is 6.26 Å². The molecule has 0 aromatic rings. The number of unbranched alkanes of at least 4 members (excludes halogenated alkanes) is 5. The van der Waals surface area contributed by atoms with Crippen LogP contribution in [0.1, 0.15) is 51.9 Å². The fourth-order valence-corrected chi connectivity index (χ4v) is 1.78. The van der Waals surface area contributed by atoms with Gasteiger partial charge in [0.25, 0.3) is 0 Å². The van der Waals surface area contributed by atoms with Crippen molar-refractivity contribution >= 4 is 5.78 Å². The molecule has 16 heavy (non-hydrogen) atoms. The monoisotopic (exact) mass is 222 g/mol. The van der Waals surface area contributed by atoms with Crippen molar-refractivity contribution in [3.05, 3.63) is 24.0 Å². The first-order valence-electron chi connectivity index (χ1n) is 6.36. The first-order valence-corrected chi connectivity index (χ1v) is 6.36. The third-order valence-electron chi connectivity index (χ3n) is 2.78. The van der Waals surface area contributed by atoms with Crippen LogP contribution in [-0.2, 0) is 9.53 Å². The third-order valence-corrected chi connectivity index (χ3v) is 2.78.